The Morgan fingerprint density at radius 3 is 2.64 bits per heavy atom. The van der Waals surface area contributed by atoms with Gasteiger partial charge in [-0.3, -0.25) is 9.67 Å². The maximum Gasteiger partial charge on any atom is 0.335 e. The fourth-order valence-corrected chi connectivity index (χ4v) is 3.65. The Kier molecular flexibility index (Phi) is 6.61. The normalized spacial score (nSPS) is 12.4. The maximum absolute atomic E-state index is 14.5. The second-order valence-electron chi connectivity index (χ2n) is 7.15. The van der Waals surface area contributed by atoms with E-state index in [1.165, 1.54) is 30.7 Å². The molecule has 0 spiro atoms. The van der Waals surface area contributed by atoms with Gasteiger partial charge in [0.2, 0.25) is 0 Å². The molecule has 0 saturated heterocycles. The average molecular weight is 478 g/mol. The van der Waals surface area contributed by atoms with Crippen molar-refractivity contribution in [1.29, 1.82) is 0 Å². The minimum Gasteiger partial charge on any atom is -0.398 e. The molecule has 0 amide bonds. The molecule has 0 saturated carbocycles. The zero-order valence-electron chi connectivity index (χ0n) is 17.4. The monoisotopic (exact) mass is 477 g/mol. The van der Waals surface area contributed by atoms with Gasteiger partial charge in [0.15, 0.2) is 5.82 Å². The van der Waals surface area contributed by atoms with E-state index in [0.717, 1.165) is 0 Å². The van der Waals surface area contributed by atoms with E-state index in [2.05, 4.69) is 20.4 Å². The van der Waals surface area contributed by atoms with Crippen molar-refractivity contribution >= 4 is 17.3 Å². The quantitative estimate of drug-likeness (QED) is 0.372. The van der Waals surface area contributed by atoms with E-state index in [0.29, 0.717) is 34.5 Å². The summed E-state index contributed by atoms with van der Waals surface area (Å²) in [7, 11) is 1.57. The lowest BCUT2D eigenvalue weighted by atomic mass is 10.0. The van der Waals surface area contributed by atoms with Gasteiger partial charge in [-0.1, -0.05) is 22.9 Å². The van der Waals surface area contributed by atoms with E-state index in [9.17, 15) is 13.2 Å². The number of anilines is 1. The standard InChI is InChI=1S/C21H19ClF3N7O/c1-33-7-6-17(31-11-13(9-29-31)18-10-28-30-32(18)21(24)25)16-5-2-12(8-27-16)19-15(26)4-3-14(22)20(19)23/h2-5,8-11,17,21H,6-7,26H2,1H3. The lowest BCUT2D eigenvalue weighted by Gasteiger charge is -2.17. The van der Waals surface area contributed by atoms with Crippen molar-refractivity contribution in [2.45, 2.75) is 19.0 Å². The topological polar surface area (TPSA) is 96.7 Å². The highest BCUT2D eigenvalue weighted by atomic mass is 35.5. The van der Waals surface area contributed by atoms with Crippen molar-refractivity contribution in [2.24, 2.45) is 0 Å². The molecule has 0 aliphatic heterocycles. The van der Waals surface area contributed by atoms with Crippen LogP contribution < -0.4 is 5.73 Å². The Hall–Kier alpha value is -3.44. The van der Waals surface area contributed by atoms with Gasteiger partial charge in [0.25, 0.3) is 0 Å². The summed E-state index contributed by atoms with van der Waals surface area (Å²) in [6, 6.07) is 5.96. The van der Waals surface area contributed by atoms with Gasteiger partial charge in [-0.05, 0) is 24.6 Å². The summed E-state index contributed by atoms with van der Waals surface area (Å²) < 4.78 is 48.2. The lowest BCUT2D eigenvalue weighted by Crippen LogP contribution is -2.15. The third kappa shape index (κ3) is 4.55. The average Bonchev–Trinajstić information content (AvgIpc) is 3.48. The number of nitrogens with zero attached hydrogens (tertiary/aromatic N) is 6. The zero-order valence-corrected chi connectivity index (χ0v) is 18.1. The number of nitrogens with two attached hydrogens (primary N) is 1. The van der Waals surface area contributed by atoms with Crippen LogP contribution >= 0.6 is 11.6 Å². The maximum atomic E-state index is 14.5. The molecule has 3 aromatic heterocycles. The van der Waals surface area contributed by atoms with Crippen LogP contribution in [0.2, 0.25) is 5.02 Å². The van der Waals surface area contributed by atoms with Crippen LogP contribution in [-0.4, -0.2) is 43.5 Å². The van der Waals surface area contributed by atoms with Crippen molar-refractivity contribution in [1.82, 2.24) is 29.8 Å². The summed E-state index contributed by atoms with van der Waals surface area (Å²) in [6.07, 6.45) is 6.31. The van der Waals surface area contributed by atoms with Crippen molar-refractivity contribution in [3.63, 3.8) is 0 Å². The molecule has 12 heteroatoms. The number of pyridine rings is 1. The molecule has 172 valence electrons. The molecule has 2 N–H and O–H groups in total. The summed E-state index contributed by atoms with van der Waals surface area (Å²) in [4.78, 5) is 4.48. The zero-order chi connectivity index (χ0) is 23.5. The first-order chi connectivity index (χ1) is 15.9. The van der Waals surface area contributed by atoms with Crippen molar-refractivity contribution in [3.05, 3.63) is 65.6 Å². The first-order valence-corrected chi connectivity index (χ1v) is 10.2. The second-order valence-corrected chi connectivity index (χ2v) is 7.55. The molecule has 0 fully saturated rings. The summed E-state index contributed by atoms with van der Waals surface area (Å²) in [5.41, 5.74) is 7.99. The highest BCUT2D eigenvalue weighted by molar-refractivity contribution is 6.31. The fourth-order valence-electron chi connectivity index (χ4n) is 3.49. The largest absolute Gasteiger partial charge is 0.398 e. The molecule has 1 atom stereocenters. The smallest absolute Gasteiger partial charge is 0.335 e. The lowest BCUT2D eigenvalue weighted by molar-refractivity contribution is 0.0565. The van der Waals surface area contributed by atoms with E-state index >= 15 is 0 Å². The van der Waals surface area contributed by atoms with Gasteiger partial charge < -0.3 is 10.5 Å². The third-order valence-electron chi connectivity index (χ3n) is 5.12. The van der Waals surface area contributed by atoms with Crippen LogP contribution in [0, 0.1) is 5.82 Å². The molecule has 1 unspecified atom stereocenters. The SMILES string of the molecule is COCCC(c1ccc(-c2c(N)ccc(Cl)c2F)cn1)n1cc(-c2cnnn2C(F)F)cn1. The first-order valence-electron chi connectivity index (χ1n) is 9.82. The Balaban J connectivity index is 1.67. The van der Waals surface area contributed by atoms with Gasteiger partial charge in [0.05, 0.1) is 34.8 Å². The molecule has 0 aliphatic rings. The number of rotatable bonds is 8. The predicted molar refractivity (Wildman–Crippen MR) is 116 cm³/mol. The highest BCUT2D eigenvalue weighted by Gasteiger charge is 2.21. The number of hydrogen-bond acceptors (Lipinski definition) is 6. The second kappa shape index (κ2) is 9.59. The summed E-state index contributed by atoms with van der Waals surface area (Å²) in [5, 5.41) is 11.3. The number of methoxy groups -OCH3 is 1. The minimum absolute atomic E-state index is 0.0390. The number of nitrogen functional groups attached to an aromatic ring is 1. The molecule has 0 radical (unpaired) electrons. The molecule has 0 bridgehead atoms. The molecule has 4 rings (SSSR count). The van der Waals surface area contributed by atoms with Gasteiger partial charge in [-0.25, -0.2) is 4.39 Å². The van der Waals surface area contributed by atoms with Crippen LogP contribution in [0.5, 0.6) is 0 Å². The molecular formula is C21H19ClF3N7O. The van der Waals surface area contributed by atoms with Crippen molar-refractivity contribution < 1.29 is 17.9 Å². The van der Waals surface area contributed by atoms with Crippen molar-refractivity contribution in [2.75, 3.05) is 19.5 Å². The molecule has 33 heavy (non-hydrogen) atoms. The number of halogens is 4. The van der Waals surface area contributed by atoms with Gasteiger partial charge >= 0.3 is 6.55 Å². The number of ether oxygens (including phenoxy) is 1. The van der Waals surface area contributed by atoms with Gasteiger partial charge in [0, 0.05) is 48.5 Å². The molecule has 8 nitrogen and oxygen atoms in total. The summed E-state index contributed by atoms with van der Waals surface area (Å²) >= 11 is 5.90. The Bertz CT molecular complexity index is 1240. The van der Waals surface area contributed by atoms with Crippen LogP contribution in [-0.2, 0) is 4.74 Å². The summed E-state index contributed by atoms with van der Waals surface area (Å²) in [5.74, 6) is -0.622. The molecule has 0 aliphatic carbocycles. The predicted octanol–water partition coefficient (Wildman–Crippen LogP) is 4.60. The van der Waals surface area contributed by atoms with Crippen LogP contribution in [0.1, 0.15) is 24.7 Å². The number of alkyl halides is 2. The Morgan fingerprint density at radius 1 is 1.12 bits per heavy atom. The van der Waals surface area contributed by atoms with Crippen LogP contribution in [0.3, 0.4) is 0 Å². The Morgan fingerprint density at radius 2 is 1.94 bits per heavy atom. The molecule has 4 aromatic rings. The van der Waals surface area contributed by atoms with E-state index < -0.39 is 12.4 Å². The van der Waals surface area contributed by atoms with Gasteiger partial charge in [-0.15, -0.1) is 5.10 Å². The van der Waals surface area contributed by atoms with E-state index in [4.69, 9.17) is 22.1 Å². The number of hydrogen-bond donors (Lipinski definition) is 1. The number of aromatic nitrogens is 6. The minimum atomic E-state index is -2.83. The Labute approximate surface area is 191 Å². The van der Waals surface area contributed by atoms with E-state index in [-0.39, 0.29) is 28.0 Å². The number of benzene rings is 1. The van der Waals surface area contributed by atoms with Crippen molar-refractivity contribution in [3.8, 4) is 22.4 Å². The summed E-state index contributed by atoms with van der Waals surface area (Å²) in [6.45, 7) is -2.43. The van der Waals surface area contributed by atoms with E-state index in [1.54, 1.807) is 30.1 Å². The molecule has 1 aromatic carbocycles. The van der Waals surface area contributed by atoms with Crippen LogP contribution in [0.4, 0.5) is 18.9 Å². The third-order valence-corrected chi connectivity index (χ3v) is 5.41. The van der Waals surface area contributed by atoms with E-state index in [1.807, 2.05) is 0 Å². The van der Waals surface area contributed by atoms with Crippen LogP contribution in [0.15, 0.2) is 49.1 Å². The highest BCUT2D eigenvalue weighted by Crippen LogP contribution is 2.33. The van der Waals surface area contributed by atoms with Gasteiger partial charge in [0.1, 0.15) is 0 Å². The first kappa shape index (κ1) is 22.7. The van der Waals surface area contributed by atoms with Crippen LogP contribution in [0.25, 0.3) is 22.4 Å². The van der Waals surface area contributed by atoms with Gasteiger partial charge in [-0.2, -0.15) is 18.6 Å². The fraction of sp³-hybridized carbons (Fsp3) is 0.238. The molecule has 3 heterocycles. The molecular weight excluding hydrogens is 459 g/mol.